The quantitative estimate of drug-likeness (QED) is 0.513. The molecular formula is C21H17F3O. The van der Waals surface area contributed by atoms with E-state index in [1.165, 1.54) is 6.07 Å². The van der Waals surface area contributed by atoms with E-state index in [0.29, 0.717) is 35.3 Å². The predicted octanol–water partition coefficient (Wildman–Crippen LogP) is 6.05. The number of hydrogen-bond donors (Lipinski definition) is 0. The molecule has 0 radical (unpaired) electrons. The first-order valence-electron chi connectivity index (χ1n) is 8.00. The van der Waals surface area contributed by atoms with Gasteiger partial charge in [0.1, 0.15) is 18.2 Å². The lowest BCUT2D eigenvalue weighted by atomic mass is 9.97. The first kappa shape index (κ1) is 17.1. The lowest BCUT2D eigenvalue weighted by Gasteiger charge is -2.11. The van der Waals surface area contributed by atoms with Crippen molar-refractivity contribution >= 4 is 10.8 Å². The van der Waals surface area contributed by atoms with E-state index >= 15 is 0 Å². The van der Waals surface area contributed by atoms with E-state index in [2.05, 4.69) is 6.58 Å². The van der Waals surface area contributed by atoms with Crippen molar-refractivity contribution in [3.8, 4) is 16.9 Å². The minimum Gasteiger partial charge on any atom is -0.490 e. The van der Waals surface area contributed by atoms with Crippen molar-refractivity contribution in [1.29, 1.82) is 0 Å². The minimum absolute atomic E-state index is 0.0870. The average molecular weight is 342 g/mol. The lowest BCUT2D eigenvalue weighted by molar-refractivity contribution is 0.363. The van der Waals surface area contributed by atoms with Crippen molar-refractivity contribution in [2.24, 2.45) is 0 Å². The Morgan fingerprint density at radius 2 is 1.68 bits per heavy atom. The number of benzene rings is 3. The summed E-state index contributed by atoms with van der Waals surface area (Å²) in [6.45, 7) is 5.69. The molecule has 0 bridgehead atoms. The van der Waals surface area contributed by atoms with Crippen LogP contribution in [0.3, 0.4) is 0 Å². The molecule has 128 valence electrons. The Labute approximate surface area is 144 Å². The minimum atomic E-state index is -1.16. The Bertz CT molecular complexity index is 930. The number of rotatable bonds is 5. The van der Waals surface area contributed by atoms with E-state index in [-0.39, 0.29) is 10.9 Å². The van der Waals surface area contributed by atoms with E-state index < -0.39 is 17.5 Å². The average Bonchev–Trinajstić information content (AvgIpc) is 2.63. The molecule has 0 aliphatic heterocycles. The molecule has 0 unspecified atom stereocenters. The molecule has 0 aromatic heterocycles. The van der Waals surface area contributed by atoms with Crippen LogP contribution in [0, 0.1) is 17.5 Å². The van der Waals surface area contributed by atoms with Crippen molar-refractivity contribution in [3.63, 3.8) is 0 Å². The molecule has 0 spiro atoms. The molecule has 25 heavy (non-hydrogen) atoms. The molecule has 3 aromatic rings. The molecule has 0 atom stereocenters. The largest absolute Gasteiger partial charge is 0.490 e. The van der Waals surface area contributed by atoms with Gasteiger partial charge in [0.15, 0.2) is 11.6 Å². The second-order valence-corrected chi connectivity index (χ2v) is 5.67. The molecule has 0 aliphatic carbocycles. The van der Waals surface area contributed by atoms with Crippen molar-refractivity contribution in [3.05, 3.63) is 78.1 Å². The fourth-order valence-corrected chi connectivity index (χ4v) is 2.79. The number of halogens is 3. The molecule has 0 amide bonds. The molecule has 0 aliphatic rings. The summed E-state index contributed by atoms with van der Waals surface area (Å²) >= 11 is 0. The van der Waals surface area contributed by atoms with Gasteiger partial charge in [-0.3, -0.25) is 0 Å². The summed E-state index contributed by atoms with van der Waals surface area (Å²) in [4.78, 5) is 0. The highest BCUT2D eigenvalue weighted by atomic mass is 19.2. The zero-order chi connectivity index (χ0) is 18.0. The van der Waals surface area contributed by atoms with Gasteiger partial charge >= 0.3 is 0 Å². The SMILES string of the molecule is C=CCOc1ccc(-c2cc3ccc(CC)c(F)c3c(F)c2F)cc1. The maximum absolute atomic E-state index is 14.5. The second-order valence-electron chi connectivity index (χ2n) is 5.67. The standard InChI is InChI=1S/C21H17F3O/c1-3-11-25-16-9-7-14(8-10-16)17-12-15-6-5-13(4-2)19(22)18(15)21(24)20(17)23/h3,5-10,12H,1,4,11H2,2H3. The molecule has 4 heteroatoms. The van der Waals surface area contributed by atoms with Gasteiger partial charge in [-0.15, -0.1) is 0 Å². The smallest absolute Gasteiger partial charge is 0.170 e. The van der Waals surface area contributed by atoms with Gasteiger partial charge in [-0.05, 0) is 41.1 Å². The van der Waals surface area contributed by atoms with Crippen molar-refractivity contribution < 1.29 is 17.9 Å². The summed E-state index contributed by atoms with van der Waals surface area (Å²) in [5.74, 6) is -2.31. The van der Waals surface area contributed by atoms with Gasteiger partial charge in [-0.25, -0.2) is 13.2 Å². The van der Waals surface area contributed by atoms with Crippen LogP contribution in [0.2, 0.25) is 0 Å². The summed E-state index contributed by atoms with van der Waals surface area (Å²) < 4.78 is 48.8. The van der Waals surface area contributed by atoms with Gasteiger partial charge < -0.3 is 4.74 Å². The van der Waals surface area contributed by atoms with Crippen LogP contribution in [0.4, 0.5) is 13.2 Å². The van der Waals surface area contributed by atoms with E-state index in [9.17, 15) is 13.2 Å². The molecule has 0 fully saturated rings. The fourth-order valence-electron chi connectivity index (χ4n) is 2.79. The fraction of sp³-hybridized carbons (Fsp3) is 0.143. The van der Waals surface area contributed by atoms with Crippen LogP contribution >= 0.6 is 0 Å². The van der Waals surface area contributed by atoms with Gasteiger partial charge in [-0.1, -0.05) is 43.8 Å². The Hall–Kier alpha value is -2.75. The molecule has 1 nitrogen and oxygen atoms in total. The zero-order valence-electron chi connectivity index (χ0n) is 13.8. The maximum Gasteiger partial charge on any atom is 0.170 e. The first-order valence-corrected chi connectivity index (χ1v) is 8.00. The summed E-state index contributed by atoms with van der Waals surface area (Å²) in [5.41, 5.74) is 0.940. The number of ether oxygens (including phenoxy) is 1. The summed E-state index contributed by atoms with van der Waals surface area (Å²) in [6, 6.07) is 11.3. The van der Waals surface area contributed by atoms with E-state index in [4.69, 9.17) is 4.74 Å². The zero-order valence-corrected chi connectivity index (χ0v) is 13.8. The molecule has 3 aromatic carbocycles. The summed E-state index contributed by atoms with van der Waals surface area (Å²) in [7, 11) is 0. The van der Waals surface area contributed by atoms with Crippen molar-refractivity contribution in [2.75, 3.05) is 6.61 Å². The van der Waals surface area contributed by atoms with E-state index in [1.807, 2.05) is 0 Å². The second kappa shape index (κ2) is 7.01. The lowest BCUT2D eigenvalue weighted by Crippen LogP contribution is -1.98. The number of aryl methyl sites for hydroxylation is 1. The Kier molecular flexibility index (Phi) is 4.79. The van der Waals surface area contributed by atoms with Crippen LogP contribution in [-0.4, -0.2) is 6.61 Å². The molecule has 0 saturated heterocycles. The predicted molar refractivity (Wildman–Crippen MR) is 94.3 cm³/mol. The van der Waals surface area contributed by atoms with Crippen LogP contribution in [0.15, 0.2) is 55.1 Å². The van der Waals surface area contributed by atoms with Gasteiger partial charge in [0.2, 0.25) is 0 Å². The molecule has 0 saturated carbocycles. The molecule has 3 rings (SSSR count). The Morgan fingerprint density at radius 1 is 0.960 bits per heavy atom. The van der Waals surface area contributed by atoms with Crippen LogP contribution in [0.1, 0.15) is 12.5 Å². The van der Waals surface area contributed by atoms with Crippen molar-refractivity contribution in [2.45, 2.75) is 13.3 Å². The van der Waals surface area contributed by atoms with Gasteiger partial charge in [0.25, 0.3) is 0 Å². The number of fused-ring (bicyclic) bond motifs is 1. The summed E-state index contributed by atoms with van der Waals surface area (Å²) in [6.07, 6.45) is 2.03. The van der Waals surface area contributed by atoms with E-state index in [1.54, 1.807) is 49.4 Å². The van der Waals surface area contributed by atoms with Crippen molar-refractivity contribution in [1.82, 2.24) is 0 Å². The van der Waals surface area contributed by atoms with Crippen LogP contribution in [-0.2, 0) is 6.42 Å². The maximum atomic E-state index is 14.5. The molecule has 0 heterocycles. The first-order chi connectivity index (χ1) is 12.1. The molecule has 0 N–H and O–H groups in total. The monoisotopic (exact) mass is 342 g/mol. The van der Waals surface area contributed by atoms with E-state index in [0.717, 1.165) is 0 Å². The topological polar surface area (TPSA) is 9.23 Å². The number of hydrogen-bond acceptors (Lipinski definition) is 1. The third-order valence-electron chi connectivity index (χ3n) is 4.12. The Morgan fingerprint density at radius 3 is 2.32 bits per heavy atom. The van der Waals surface area contributed by atoms with Gasteiger partial charge in [0, 0.05) is 5.56 Å². The third kappa shape index (κ3) is 3.12. The van der Waals surface area contributed by atoms with Crippen LogP contribution in [0.5, 0.6) is 5.75 Å². The highest BCUT2D eigenvalue weighted by molar-refractivity contribution is 5.89. The summed E-state index contributed by atoms with van der Waals surface area (Å²) in [5, 5.41) is 0.0297. The highest BCUT2D eigenvalue weighted by Gasteiger charge is 2.19. The normalized spacial score (nSPS) is 10.9. The van der Waals surface area contributed by atoms with Crippen LogP contribution in [0.25, 0.3) is 21.9 Å². The highest BCUT2D eigenvalue weighted by Crippen LogP contribution is 2.33. The Balaban J connectivity index is 2.11. The third-order valence-corrected chi connectivity index (χ3v) is 4.12. The van der Waals surface area contributed by atoms with Gasteiger partial charge in [0.05, 0.1) is 5.39 Å². The van der Waals surface area contributed by atoms with Crippen LogP contribution < -0.4 is 4.74 Å². The molecular weight excluding hydrogens is 325 g/mol. The van der Waals surface area contributed by atoms with Gasteiger partial charge in [-0.2, -0.15) is 0 Å².